The molecule has 1 aliphatic heterocycles. The standard InChI is InChI=1S/C22H33BO3/c1-21-10-8-15(24)12-14(21)4-5-16-17-6-7-19(20-13-25-23(3)26-20)22(17,2)11-9-18(16)21/h12,16-20H,4-11,13H2,1-3H3/t16-,17-,18-,19+,20-,21-,22-/m0/s1. The van der Waals surface area contributed by atoms with Gasteiger partial charge >= 0.3 is 7.12 Å². The molecule has 0 aromatic carbocycles. The van der Waals surface area contributed by atoms with Crippen molar-refractivity contribution < 1.29 is 14.1 Å². The predicted molar refractivity (Wildman–Crippen MR) is 103 cm³/mol. The van der Waals surface area contributed by atoms with Crippen LogP contribution in [0.3, 0.4) is 0 Å². The fourth-order valence-corrected chi connectivity index (χ4v) is 7.98. The molecule has 0 spiro atoms. The fraction of sp³-hybridized carbons (Fsp3) is 0.864. The zero-order valence-electron chi connectivity index (χ0n) is 16.6. The highest BCUT2D eigenvalue weighted by Crippen LogP contribution is 2.67. The third-order valence-corrected chi connectivity index (χ3v) is 9.35. The number of fused-ring (bicyclic) bond motifs is 5. The SMILES string of the molecule is CB1OC[C@@H]([C@H]2CC[C@H]3[C@@H]4CCC5=CC(=O)CC[C@]5(C)[C@H]4CC[C@]23C)O1. The predicted octanol–water partition coefficient (Wildman–Crippen LogP) is 4.67. The van der Waals surface area contributed by atoms with E-state index in [-0.39, 0.29) is 12.5 Å². The lowest BCUT2D eigenvalue weighted by molar-refractivity contribution is -0.117. The Bertz CT molecular complexity index is 645. The quantitative estimate of drug-likeness (QED) is 0.641. The molecule has 0 bridgehead atoms. The van der Waals surface area contributed by atoms with E-state index in [1.54, 1.807) is 0 Å². The van der Waals surface area contributed by atoms with Crippen molar-refractivity contribution in [2.75, 3.05) is 6.61 Å². The van der Waals surface area contributed by atoms with E-state index in [4.69, 9.17) is 9.31 Å². The molecule has 3 nitrogen and oxygen atoms in total. The van der Waals surface area contributed by atoms with Gasteiger partial charge in [-0.05, 0) is 92.3 Å². The van der Waals surface area contributed by atoms with Crippen LogP contribution in [0.4, 0.5) is 0 Å². The van der Waals surface area contributed by atoms with Gasteiger partial charge in [0, 0.05) is 6.42 Å². The number of hydrogen-bond donors (Lipinski definition) is 0. The minimum atomic E-state index is -0.0277. The molecule has 4 fully saturated rings. The van der Waals surface area contributed by atoms with Crippen molar-refractivity contribution in [3.63, 3.8) is 0 Å². The fourth-order valence-electron chi connectivity index (χ4n) is 7.98. The topological polar surface area (TPSA) is 35.5 Å². The van der Waals surface area contributed by atoms with Crippen LogP contribution in [0.2, 0.25) is 6.82 Å². The molecule has 26 heavy (non-hydrogen) atoms. The second-order valence-corrected chi connectivity index (χ2v) is 10.3. The van der Waals surface area contributed by atoms with Crippen LogP contribution < -0.4 is 0 Å². The average Bonchev–Trinajstić information content (AvgIpc) is 3.18. The second kappa shape index (κ2) is 5.94. The van der Waals surface area contributed by atoms with Crippen molar-refractivity contribution in [1.29, 1.82) is 0 Å². The summed E-state index contributed by atoms with van der Waals surface area (Å²) in [6.07, 6.45) is 12.0. The molecule has 1 saturated heterocycles. The van der Waals surface area contributed by atoms with Gasteiger partial charge in [-0.2, -0.15) is 0 Å². The smallest absolute Gasteiger partial charge is 0.409 e. The molecule has 5 rings (SSSR count). The summed E-state index contributed by atoms with van der Waals surface area (Å²) < 4.78 is 11.9. The Labute approximate surface area is 158 Å². The molecular formula is C22H33BO3. The van der Waals surface area contributed by atoms with E-state index in [1.807, 2.05) is 12.9 Å². The molecule has 0 amide bonds. The summed E-state index contributed by atoms with van der Waals surface area (Å²) in [6, 6.07) is 0. The number of carbonyl (C=O) groups excluding carboxylic acids is 1. The zero-order valence-corrected chi connectivity index (χ0v) is 16.6. The Balaban J connectivity index is 1.42. The molecular weight excluding hydrogens is 323 g/mol. The molecule has 0 aromatic rings. The first-order chi connectivity index (χ1) is 12.4. The lowest BCUT2D eigenvalue weighted by atomic mass is 9.46. The summed E-state index contributed by atoms with van der Waals surface area (Å²) in [6.45, 7) is 7.86. The Hall–Kier alpha value is -0.605. The van der Waals surface area contributed by atoms with Crippen molar-refractivity contribution in [1.82, 2.24) is 0 Å². The highest BCUT2D eigenvalue weighted by atomic mass is 16.6. The Morgan fingerprint density at radius 2 is 1.85 bits per heavy atom. The normalized spacial score (nSPS) is 50.9. The van der Waals surface area contributed by atoms with Gasteiger partial charge < -0.3 is 9.31 Å². The molecule has 4 aliphatic carbocycles. The molecule has 0 radical (unpaired) electrons. The summed E-state index contributed by atoms with van der Waals surface area (Å²) in [7, 11) is -0.0277. The van der Waals surface area contributed by atoms with Crippen LogP contribution in [-0.2, 0) is 14.1 Å². The van der Waals surface area contributed by atoms with Crippen LogP contribution in [0.25, 0.3) is 0 Å². The van der Waals surface area contributed by atoms with Gasteiger partial charge in [0.1, 0.15) is 0 Å². The first-order valence-corrected chi connectivity index (χ1v) is 10.9. The average molecular weight is 356 g/mol. The summed E-state index contributed by atoms with van der Waals surface area (Å²) in [5, 5.41) is 0. The van der Waals surface area contributed by atoms with E-state index in [9.17, 15) is 4.79 Å². The van der Waals surface area contributed by atoms with Gasteiger partial charge in [-0.15, -0.1) is 0 Å². The van der Waals surface area contributed by atoms with Crippen LogP contribution in [0.15, 0.2) is 11.6 Å². The van der Waals surface area contributed by atoms with Crippen molar-refractivity contribution in [3.05, 3.63) is 11.6 Å². The third kappa shape index (κ3) is 2.37. The van der Waals surface area contributed by atoms with Crippen molar-refractivity contribution in [2.45, 2.75) is 78.1 Å². The zero-order chi connectivity index (χ0) is 18.1. The number of carbonyl (C=O) groups is 1. The van der Waals surface area contributed by atoms with Crippen molar-refractivity contribution in [2.24, 2.45) is 34.5 Å². The Morgan fingerprint density at radius 1 is 1.04 bits per heavy atom. The summed E-state index contributed by atoms with van der Waals surface area (Å²) in [5.74, 6) is 3.49. The van der Waals surface area contributed by atoms with Gasteiger partial charge in [0.25, 0.3) is 0 Å². The molecule has 0 unspecified atom stereocenters. The molecule has 1 heterocycles. The van der Waals surface area contributed by atoms with Gasteiger partial charge in [-0.1, -0.05) is 19.4 Å². The molecule has 5 aliphatic rings. The number of hydrogen-bond acceptors (Lipinski definition) is 3. The number of ketones is 1. The Morgan fingerprint density at radius 3 is 2.62 bits per heavy atom. The molecule has 0 N–H and O–H groups in total. The largest absolute Gasteiger partial charge is 0.453 e. The van der Waals surface area contributed by atoms with Gasteiger partial charge in [0.15, 0.2) is 5.78 Å². The lowest BCUT2D eigenvalue weighted by Crippen LogP contribution is -2.51. The highest BCUT2D eigenvalue weighted by Gasteiger charge is 2.60. The summed E-state index contributed by atoms with van der Waals surface area (Å²) in [5.41, 5.74) is 2.19. The number of allylic oxidation sites excluding steroid dienone is 1. The van der Waals surface area contributed by atoms with E-state index in [1.165, 1.54) is 37.7 Å². The van der Waals surface area contributed by atoms with Crippen molar-refractivity contribution >= 4 is 12.9 Å². The molecule has 4 heteroatoms. The summed E-state index contributed by atoms with van der Waals surface area (Å²) >= 11 is 0. The van der Waals surface area contributed by atoms with Crippen LogP contribution in [0.1, 0.15) is 65.2 Å². The van der Waals surface area contributed by atoms with Crippen LogP contribution in [0, 0.1) is 34.5 Å². The van der Waals surface area contributed by atoms with E-state index >= 15 is 0 Å². The molecule has 3 saturated carbocycles. The van der Waals surface area contributed by atoms with Crippen LogP contribution in [0.5, 0.6) is 0 Å². The molecule has 142 valence electrons. The lowest BCUT2D eigenvalue weighted by Gasteiger charge is -2.58. The first-order valence-electron chi connectivity index (χ1n) is 10.9. The number of rotatable bonds is 1. The molecule has 7 atom stereocenters. The van der Waals surface area contributed by atoms with E-state index in [2.05, 4.69) is 13.8 Å². The van der Waals surface area contributed by atoms with Crippen molar-refractivity contribution in [3.8, 4) is 0 Å². The van der Waals surface area contributed by atoms with Gasteiger partial charge in [0.2, 0.25) is 0 Å². The van der Waals surface area contributed by atoms with E-state index in [0.29, 0.717) is 23.2 Å². The maximum absolute atomic E-state index is 12.0. The van der Waals surface area contributed by atoms with Gasteiger partial charge in [0.05, 0.1) is 12.7 Å². The molecule has 0 aromatic heterocycles. The minimum Gasteiger partial charge on any atom is -0.409 e. The highest BCUT2D eigenvalue weighted by molar-refractivity contribution is 6.43. The maximum Gasteiger partial charge on any atom is 0.453 e. The summed E-state index contributed by atoms with van der Waals surface area (Å²) in [4.78, 5) is 12.0. The van der Waals surface area contributed by atoms with E-state index < -0.39 is 0 Å². The first kappa shape index (κ1) is 17.5. The van der Waals surface area contributed by atoms with Crippen LogP contribution >= 0.6 is 0 Å². The maximum atomic E-state index is 12.0. The van der Waals surface area contributed by atoms with Gasteiger partial charge in [-0.25, -0.2) is 0 Å². The minimum absolute atomic E-state index is 0.0277. The third-order valence-electron chi connectivity index (χ3n) is 9.35. The monoisotopic (exact) mass is 356 g/mol. The second-order valence-electron chi connectivity index (χ2n) is 10.3. The Kier molecular flexibility index (Phi) is 4.00. The van der Waals surface area contributed by atoms with Crippen LogP contribution in [-0.4, -0.2) is 25.6 Å². The van der Waals surface area contributed by atoms with Gasteiger partial charge in [-0.3, -0.25) is 4.79 Å². The van der Waals surface area contributed by atoms with E-state index in [0.717, 1.165) is 43.6 Å².